The summed E-state index contributed by atoms with van der Waals surface area (Å²) in [6.45, 7) is 1.58. The van der Waals surface area contributed by atoms with Gasteiger partial charge in [0.2, 0.25) is 10.0 Å². The number of aliphatic hydroxyl groups excluding tert-OH is 1. The van der Waals surface area contributed by atoms with Crippen LogP contribution in [0.1, 0.15) is 51.4 Å². The van der Waals surface area contributed by atoms with E-state index in [0.717, 1.165) is 24.0 Å². The van der Waals surface area contributed by atoms with Gasteiger partial charge in [-0.3, -0.25) is 9.59 Å². The molecule has 0 atom stereocenters. The maximum Gasteiger partial charge on any atom is 0.376 e. The Morgan fingerprint density at radius 2 is 1.58 bits per heavy atom. The van der Waals surface area contributed by atoms with Crippen LogP contribution < -0.4 is 10.0 Å². The van der Waals surface area contributed by atoms with Gasteiger partial charge in [0.15, 0.2) is 0 Å². The standard InChI is InChI=1S/C37H39FN2O11S/c1-39-36(43)34-30-19-29(24-6-7-24)27(18-33(30)51-35(34)26-8-10-28(38)11-9-26)22-52(46,47)40-12-13-48-14-15-49-16-17-50-21-23-2-4-25(5-3-23)31(41)20-32(42)37(44)45/h2-5,8-11,18-20,24,40-41H,6-7,12-17,21-22H2,1H3,(H,39,43)(H,44,45). The fourth-order valence-electron chi connectivity index (χ4n) is 5.45. The third kappa shape index (κ3) is 10.3. The molecule has 1 aromatic heterocycles. The van der Waals surface area contributed by atoms with Gasteiger partial charge in [-0.25, -0.2) is 22.3 Å². The average molecular weight is 739 g/mol. The number of ether oxygens (including phenoxy) is 3. The summed E-state index contributed by atoms with van der Waals surface area (Å²) in [6, 6.07) is 15.6. The molecule has 1 aliphatic carbocycles. The van der Waals surface area contributed by atoms with Crippen LogP contribution in [0.2, 0.25) is 0 Å². The van der Waals surface area contributed by atoms with Crippen molar-refractivity contribution in [3.8, 4) is 11.3 Å². The Kier molecular flexibility index (Phi) is 12.9. The summed E-state index contributed by atoms with van der Waals surface area (Å²) in [5.74, 6) is -3.94. The fraction of sp³-hybridized carbons (Fsp3) is 0.324. The van der Waals surface area contributed by atoms with E-state index >= 15 is 0 Å². The van der Waals surface area contributed by atoms with Gasteiger partial charge in [-0.2, -0.15) is 0 Å². The maximum absolute atomic E-state index is 13.6. The lowest BCUT2D eigenvalue weighted by atomic mass is 9.98. The van der Waals surface area contributed by atoms with Crippen molar-refractivity contribution >= 4 is 44.4 Å². The van der Waals surface area contributed by atoms with Crippen LogP contribution in [-0.2, 0) is 46.2 Å². The van der Waals surface area contributed by atoms with Crippen LogP contribution in [0.5, 0.6) is 0 Å². The number of fused-ring (bicyclic) bond motifs is 1. The van der Waals surface area contributed by atoms with Crippen molar-refractivity contribution in [3.05, 3.63) is 100 Å². The Bertz CT molecular complexity index is 2040. The third-order valence-corrected chi connectivity index (χ3v) is 9.52. The zero-order valence-corrected chi connectivity index (χ0v) is 29.2. The smallest absolute Gasteiger partial charge is 0.376 e. The number of hydrogen-bond acceptors (Lipinski definition) is 10. The topological polar surface area (TPSA) is 191 Å². The molecule has 52 heavy (non-hydrogen) atoms. The van der Waals surface area contributed by atoms with E-state index in [1.807, 2.05) is 6.07 Å². The van der Waals surface area contributed by atoms with Gasteiger partial charge in [0.05, 0.1) is 51.0 Å². The Morgan fingerprint density at radius 1 is 0.923 bits per heavy atom. The second kappa shape index (κ2) is 17.5. The number of furan rings is 1. The molecule has 0 bridgehead atoms. The first-order chi connectivity index (χ1) is 25.0. The van der Waals surface area contributed by atoms with E-state index in [9.17, 15) is 32.3 Å². The number of halogens is 1. The number of aliphatic carboxylic acids is 1. The number of carbonyl (C=O) groups excluding carboxylic acids is 2. The van der Waals surface area contributed by atoms with Gasteiger partial charge in [0, 0.05) is 36.2 Å². The second-order valence-electron chi connectivity index (χ2n) is 12.0. The molecule has 1 fully saturated rings. The number of amides is 1. The number of aliphatic hydroxyl groups is 1. The molecule has 1 saturated carbocycles. The summed E-state index contributed by atoms with van der Waals surface area (Å²) in [5.41, 5.74) is 3.72. The van der Waals surface area contributed by atoms with Crippen molar-refractivity contribution in [2.45, 2.75) is 31.1 Å². The van der Waals surface area contributed by atoms with Crippen LogP contribution in [0.3, 0.4) is 0 Å². The molecule has 15 heteroatoms. The number of sulfonamides is 1. The van der Waals surface area contributed by atoms with E-state index < -0.39 is 33.4 Å². The molecule has 0 saturated heterocycles. The van der Waals surface area contributed by atoms with Gasteiger partial charge in [-0.05, 0) is 71.8 Å². The van der Waals surface area contributed by atoms with E-state index in [1.54, 1.807) is 18.2 Å². The largest absolute Gasteiger partial charge is 0.507 e. The van der Waals surface area contributed by atoms with E-state index in [-0.39, 0.29) is 56.3 Å². The quantitative estimate of drug-likeness (QED) is 0.0426. The highest BCUT2D eigenvalue weighted by Crippen LogP contribution is 2.45. The van der Waals surface area contributed by atoms with Crippen LogP contribution in [0.4, 0.5) is 4.39 Å². The summed E-state index contributed by atoms with van der Waals surface area (Å²) in [6.07, 6.45) is 2.46. The van der Waals surface area contributed by atoms with Crippen LogP contribution in [0, 0.1) is 5.82 Å². The van der Waals surface area contributed by atoms with Crippen molar-refractivity contribution in [2.75, 3.05) is 46.6 Å². The van der Waals surface area contributed by atoms with Crippen LogP contribution in [-0.4, -0.2) is 82.9 Å². The number of nitrogens with one attached hydrogen (secondary N) is 2. The first-order valence-electron chi connectivity index (χ1n) is 16.5. The van der Waals surface area contributed by atoms with Gasteiger partial charge in [-0.15, -0.1) is 0 Å². The highest BCUT2D eigenvalue weighted by atomic mass is 32.2. The lowest BCUT2D eigenvalue weighted by Crippen LogP contribution is -2.29. The van der Waals surface area contributed by atoms with Crippen molar-refractivity contribution in [2.24, 2.45) is 0 Å². The summed E-state index contributed by atoms with van der Waals surface area (Å²) in [4.78, 5) is 34.8. The molecule has 4 N–H and O–H groups in total. The van der Waals surface area contributed by atoms with E-state index in [1.165, 1.54) is 43.4 Å². The Hall–Kier alpha value is -4.93. The minimum Gasteiger partial charge on any atom is -0.507 e. The Morgan fingerprint density at radius 3 is 2.21 bits per heavy atom. The molecule has 1 amide bonds. The molecular formula is C37H39FN2O11S. The van der Waals surface area contributed by atoms with Crippen LogP contribution >= 0.6 is 0 Å². The molecule has 0 spiro atoms. The predicted octanol–water partition coefficient (Wildman–Crippen LogP) is 4.70. The third-order valence-electron chi connectivity index (χ3n) is 8.18. The number of carboxylic acids is 1. The zero-order chi connectivity index (χ0) is 37.3. The summed E-state index contributed by atoms with van der Waals surface area (Å²) in [7, 11) is -2.24. The SMILES string of the molecule is CNC(=O)c1c(-c2ccc(F)cc2)oc2cc(CS(=O)(=O)NCCOCCOCCOCc3ccc(C(O)=CC(=O)C(=O)O)cc3)c(C3CC3)cc12. The fourth-order valence-corrected chi connectivity index (χ4v) is 6.61. The first-order valence-corrected chi connectivity index (χ1v) is 18.2. The number of ketones is 1. The molecule has 13 nitrogen and oxygen atoms in total. The number of benzene rings is 3. The number of hydrogen-bond donors (Lipinski definition) is 4. The first kappa shape index (κ1) is 38.3. The lowest BCUT2D eigenvalue weighted by molar-refractivity contribution is -0.146. The van der Waals surface area contributed by atoms with Gasteiger partial charge in [0.1, 0.15) is 22.9 Å². The summed E-state index contributed by atoms with van der Waals surface area (Å²) < 4.78 is 65.0. The normalized spacial score (nSPS) is 13.4. The zero-order valence-electron chi connectivity index (χ0n) is 28.4. The second-order valence-corrected chi connectivity index (χ2v) is 13.8. The van der Waals surface area contributed by atoms with E-state index in [0.29, 0.717) is 52.5 Å². The highest BCUT2D eigenvalue weighted by Gasteiger charge is 2.31. The summed E-state index contributed by atoms with van der Waals surface area (Å²) in [5, 5.41) is 21.7. The molecule has 5 rings (SSSR count). The van der Waals surface area contributed by atoms with Gasteiger partial charge in [-0.1, -0.05) is 24.3 Å². The van der Waals surface area contributed by atoms with Crippen LogP contribution in [0.25, 0.3) is 28.1 Å². The van der Waals surface area contributed by atoms with Gasteiger partial charge >= 0.3 is 5.97 Å². The van der Waals surface area contributed by atoms with Gasteiger partial charge in [0.25, 0.3) is 11.7 Å². The molecule has 0 radical (unpaired) electrons. The average Bonchev–Trinajstić information content (AvgIpc) is 3.90. The van der Waals surface area contributed by atoms with Crippen molar-refractivity contribution < 1.29 is 56.0 Å². The van der Waals surface area contributed by atoms with Crippen molar-refractivity contribution in [1.82, 2.24) is 10.0 Å². The molecule has 0 unspecified atom stereocenters. The molecule has 4 aromatic rings. The molecular weight excluding hydrogens is 699 g/mol. The lowest BCUT2D eigenvalue weighted by Gasteiger charge is -2.12. The molecule has 1 heterocycles. The number of carbonyl (C=O) groups is 3. The Labute approximate surface area is 299 Å². The Balaban J connectivity index is 1.04. The van der Waals surface area contributed by atoms with Crippen molar-refractivity contribution in [1.29, 1.82) is 0 Å². The number of rotatable bonds is 20. The molecule has 0 aliphatic heterocycles. The summed E-state index contributed by atoms with van der Waals surface area (Å²) >= 11 is 0. The minimum absolute atomic E-state index is 0.0605. The molecule has 1 aliphatic rings. The van der Waals surface area contributed by atoms with Crippen molar-refractivity contribution in [3.63, 3.8) is 0 Å². The highest BCUT2D eigenvalue weighted by molar-refractivity contribution is 7.88. The van der Waals surface area contributed by atoms with Crippen LogP contribution in [0.15, 0.2) is 71.2 Å². The van der Waals surface area contributed by atoms with E-state index in [4.69, 9.17) is 23.7 Å². The monoisotopic (exact) mass is 738 g/mol. The predicted molar refractivity (Wildman–Crippen MR) is 189 cm³/mol. The maximum atomic E-state index is 13.6. The number of carboxylic acid groups (broad SMARTS) is 1. The van der Waals surface area contributed by atoms with E-state index in [2.05, 4.69) is 10.0 Å². The molecule has 276 valence electrons. The minimum atomic E-state index is -3.75. The molecule has 3 aromatic carbocycles. The van der Waals surface area contributed by atoms with Gasteiger partial charge < -0.3 is 34.2 Å².